The number of hydrogen-bond acceptors (Lipinski definition) is 4. The van der Waals surface area contributed by atoms with Gasteiger partial charge < -0.3 is 15.4 Å². The highest BCUT2D eigenvalue weighted by atomic mass is 79.9. The highest BCUT2D eigenvalue weighted by Crippen LogP contribution is 2.35. The maximum Gasteiger partial charge on any atom is 0.250 e. The SMILES string of the molecule is CCCCOCC(=O)Nc1cccc2c3cccc(NCCc4ccc(Br)cc4)c3nc-2c1. The molecule has 5 nitrogen and oxygen atoms in total. The summed E-state index contributed by atoms with van der Waals surface area (Å²) in [4.78, 5) is 17.1. The highest BCUT2D eigenvalue weighted by Gasteiger charge is 2.14. The maximum absolute atomic E-state index is 12.2. The van der Waals surface area contributed by atoms with Crippen LogP contribution < -0.4 is 10.6 Å². The highest BCUT2D eigenvalue weighted by molar-refractivity contribution is 9.10. The molecule has 0 atom stereocenters. The van der Waals surface area contributed by atoms with Gasteiger partial charge in [0.1, 0.15) is 6.61 Å². The first-order valence-electron chi connectivity index (χ1n) is 11.3. The van der Waals surface area contributed by atoms with Gasteiger partial charge in [-0.15, -0.1) is 0 Å². The standard InChI is InChI=1S/C27H28BrN3O2/c1-2-3-16-33-18-26(32)30-21-6-4-7-22-23-8-5-9-24(27(23)31-25(22)17-21)29-15-14-19-10-12-20(28)13-11-19/h4-13,17,29H,2-3,14-16,18H2,1H3,(H,30,32). The Balaban J connectivity index is 1.49. The van der Waals surface area contributed by atoms with Crippen molar-refractivity contribution < 1.29 is 9.53 Å². The number of halogens is 1. The van der Waals surface area contributed by atoms with Gasteiger partial charge in [-0.2, -0.15) is 0 Å². The molecule has 2 N–H and O–H groups in total. The number of rotatable bonds is 10. The Labute approximate surface area is 203 Å². The second-order valence-electron chi connectivity index (χ2n) is 8.00. The molecule has 0 aromatic heterocycles. The molecule has 0 bridgehead atoms. The minimum Gasteiger partial charge on any atom is -0.383 e. The zero-order valence-electron chi connectivity index (χ0n) is 18.7. The lowest BCUT2D eigenvalue weighted by Crippen LogP contribution is -2.18. The van der Waals surface area contributed by atoms with Gasteiger partial charge in [0.2, 0.25) is 5.91 Å². The molecule has 1 aliphatic heterocycles. The number of carbonyl (C=O) groups is 1. The van der Waals surface area contributed by atoms with Crippen molar-refractivity contribution in [3.63, 3.8) is 0 Å². The van der Waals surface area contributed by atoms with Gasteiger partial charge >= 0.3 is 0 Å². The van der Waals surface area contributed by atoms with Gasteiger partial charge in [-0.1, -0.05) is 65.7 Å². The molecule has 0 saturated carbocycles. The number of ether oxygens (including phenoxy) is 1. The van der Waals surface area contributed by atoms with Crippen LogP contribution in [-0.4, -0.2) is 30.6 Å². The fourth-order valence-corrected chi connectivity index (χ4v) is 4.01. The number of nitrogens with one attached hydrogen (secondary N) is 2. The first-order valence-corrected chi connectivity index (χ1v) is 12.1. The number of aromatic nitrogens is 1. The summed E-state index contributed by atoms with van der Waals surface area (Å²) >= 11 is 3.48. The van der Waals surface area contributed by atoms with E-state index in [0.717, 1.165) is 58.1 Å². The van der Waals surface area contributed by atoms with Gasteiger partial charge in [0, 0.05) is 34.3 Å². The van der Waals surface area contributed by atoms with Crippen molar-refractivity contribution in [1.29, 1.82) is 0 Å². The second-order valence-corrected chi connectivity index (χ2v) is 8.91. The third kappa shape index (κ3) is 6.09. The zero-order chi connectivity index (χ0) is 23.0. The normalized spacial score (nSPS) is 11.1. The van der Waals surface area contributed by atoms with Gasteiger partial charge in [-0.3, -0.25) is 4.79 Å². The number of hydrogen-bond donors (Lipinski definition) is 2. The first-order chi connectivity index (χ1) is 16.1. The molecular formula is C27H28BrN3O2. The molecule has 2 aromatic rings. The summed E-state index contributed by atoms with van der Waals surface area (Å²) < 4.78 is 6.51. The topological polar surface area (TPSA) is 63.2 Å². The van der Waals surface area contributed by atoms with E-state index in [1.54, 1.807) is 0 Å². The number of benzene rings is 2. The van der Waals surface area contributed by atoms with Gasteiger partial charge in [-0.05, 0) is 48.7 Å². The van der Waals surface area contributed by atoms with Crippen molar-refractivity contribution in [2.24, 2.45) is 0 Å². The molecule has 6 heteroatoms. The van der Waals surface area contributed by atoms with E-state index in [9.17, 15) is 4.79 Å². The molecule has 0 fully saturated rings. The van der Waals surface area contributed by atoms with Crippen molar-refractivity contribution in [3.05, 3.63) is 76.8 Å². The smallest absolute Gasteiger partial charge is 0.250 e. The zero-order valence-corrected chi connectivity index (χ0v) is 20.3. The Morgan fingerprint density at radius 2 is 1.88 bits per heavy atom. The molecule has 4 rings (SSSR count). The number of fused-ring (bicyclic) bond motifs is 3. The van der Waals surface area contributed by atoms with E-state index in [-0.39, 0.29) is 12.5 Å². The van der Waals surface area contributed by atoms with Crippen molar-refractivity contribution in [1.82, 2.24) is 4.98 Å². The van der Waals surface area contributed by atoms with E-state index in [1.165, 1.54) is 5.56 Å². The Hall–Kier alpha value is -2.96. The maximum atomic E-state index is 12.2. The first kappa shape index (κ1) is 23.2. The van der Waals surface area contributed by atoms with Crippen LogP contribution >= 0.6 is 15.9 Å². The van der Waals surface area contributed by atoms with Crippen LogP contribution in [0.25, 0.3) is 22.2 Å². The Kier molecular flexibility index (Phi) is 7.92. The van der Waals surface area contributed by atoms with E-state index < -0.39 is 0 Å². The fourth-order valence-electron chi connectivity index (χ4n) is 3.75. The third-order valence-corrected chi connectivity index (χ3v) is 6.00. The molecule has 0 spiro atoms. The average molecular weight is 506 g/mol. The monoisotopic (exact) mass is 505 g/mol. The van der Waals surface area contributed by atoms with Crippen molar-refractivity contribution in [3.8, 4) is 11.3 Å². The molecule has 1 aliphatic carbocycles. The van der Waals surface area contributed by atoms with E-state index in [2.05, 4.69) is 76.0 Å². The lowest BCUT2D eigenvalue weighted by molar-refractivity contribution is -0.120. The molecule has 1 amide bonds. The summed E-state index contributed by atoms with van der Waals surface area (Å²) in [6, 6.07) is 22.4. The molecule has 2 aromatic carbocycles. The predicted octanol–water partition coefficient (Wildman–Crippen LogP) is 6.51. The Morgan fingerprint density at radius 1 is 1.06 bits per heavy atom. The lowest BCUT2D eigenvalue weighted by atomic mass is 10.1. The summed E-state index contributed by atoms with van der Waals surface area (Å²) in [5.41, 5.74) is 5.85. The van der Waals surface area contributed by atoms with Gasteiger partial charge in [-0.25, -0.2) is 4.98 Å². The Bertz CT molecular complexity index is 1190. The summed E-state index contributed by atoms with van der Waals surface area (Å²) in [6.07, 6.45) is 2.93. The van der Waals surface area contributed by atoms with E-state index in [4.69, 9.17) is 9.72 Å². The number of nitrogens with zero attached hydrogens (tertiary/aromatic N) is 1. The molecule has 0 unspecified atom stereocenters. The van der Waals surface area contributed by atoms with Crippen LogP contribution in [0.3, 0.4) is 0 Å². The Morgan fingerprint density at radius 3 is 2.70 bits per heavy atom. The molecule has 0 saturated heterocycles. The number of amides is 1. The number of anilines is 2. The van der Waals surface area contributed by atoms with Crippen molar-refractivity contribution in [2.75, 3.05) is 30.4 Å². The average Bonchev–Trinajstić information content (AvgIpc) is 3.03. The summed E-state index contributed by atoms with van der Waals surface area (Å²) in [7, 11) is 0. The molecule has 2 aliphatic rings. The van der Waals surface area contributed by atoms with Crippen LogP contribution in [0.2, 0.25) is 0 Å². The molecule has 33 heavy (non-hydrogen) atoms. The lowest BCUT2D eigenvalue weighted by Gasteiger charge is -2.07. The van der Waals surface area contributed by atoms with Crippen LogP contribution in [0.1, 0.15) is 25.3 Å². The van der Waals surface area contributed by atoms with Crippen molar-refractivity contribution in [2.45, 2.75) is 26.2 Å². The second kappa shape index (κ2) is 11.3. The van der Waals surface area contributed by atoms with E-state index >= 15 is 0 Å². The van der Waals surface area contributed by atoms with Crippen LogP contribution in [-0.2, 0) is 16.0 Å². The minimum atomic E-state index is -0.156. The molecule has 0 radical (unpaired) electrons. The van der Waals surface area contributed by atoms with Gasteiger partial charge in [0.25, 0.3) is 0 Å². The largest absolute Gasteiger partial charge is 0.383 e. The van der Waals surface area contributed by atoms with Gasteiger partial charge in [0.15, 0.2) is 0 Å². The third-order valence-electron chi connectivity index (χ3n) is 5.47. The van der Waals surface area contributed by atoms with Crippen molar-refractivity contribution >= 4 is 44.1 Å². The van der Waals surface area contributed by atoms with Gasteiger partial charge in [0.05, 0.1) is 16.9 Å². The minimum absolute atomic E-state index is 0.0601. The van der Waals surface area contributed by atoms with Crippen LogP contribution in [0.5, 0.6) is 0 Å². The van der Waals surface area contributed by atoms with E-state index in [1.807, 2.05) is 24.3 Å². The quantitative estimate of drug-likeness (QED) is 0.241. The van der Waals surface area contributed by atoms with Crippen LogP contribution in [0.4, 0.5) is 11.4 Å². The fraction of sp³-hybridized carbons (Fsp3) is 0.259. The summed E-state index contributed by atoms with van der Waals surface area (Å²) in [5.74, 6) is -0.156. The number of carbonyl (C=O) groups excluding carboxylic acids is 1. The van der Waals surface area contributed by atoms with E-state index in [0.29, 0.717) is 12.3 Å². The number of para-hydroxylation sites is 1. The molecule has 1 heterocycles. The summed E-state index contributed by atoms with van der Waals surface area (Å²) in [5, 5.41) is 7.56. The predicted molar refractivity (Wildman–Crippen MR) is 139 cm³/mol. The molecule has 170 valence electrons. The number of unbranched alkanes of at least 4 members (excludes halogenated alkanes) is 1. The van der Waals surface area contributed by atoms with Crippen LogP contribution in [0, 0.1) is 0 Å². The van der Waals surface area contributed by atoms with Crippen LogP contribution in [0.15, 0.2) is 71.2 Å². The molecular weight excluding hydrogens is 478 g/mol. The summed E-state index contributed by atoms with van der Waals surface area (Å²) in [6.45, 7) is 3.57.